The van der Waals surface area contributed by atoms with Gasteiger partial charge in [0, 0.05) is 12.8 Å². The van der Waals surface area contributed by atoms with Crippen LogP contribution in [0.25, 0.3) is 0 Å². The number of allylic oxidation sites excluding steroid dienone is 9. The van der Waals surface area contributed by atoms with Crippen molar-refractivity contribution in [1.29, 1.82) is 0 Å². The van der Waals surface area contributed by atoms with Crippen molar-refractivity contribution in [1.82, 2.24) is 0 Å². The maximum absolute atomic E-state index is 10.9. The van der Waals surface area contributed by atoms with Gasteiger partial charge in [0.05, 0.1) is 7.11 Å². The van der Waals surface area contributed by atoms with E-state index in [0.717, 1.165) is 32.1 Å². The Morgan fingerprint density at radius 2 is 1.73 bits per heavy atom. The summed E-state index contributed by atoms with van der Waals surface area (Å²) in [6.45, 7) is 2.06. The molecule has 0 fully saturated rings. The van der Waals surface area contributed by atoms with E-state index in [1.54, 1.807) is 6.08 Å². The molecular formula is C23H32O3. The molecule has 0 bridgehead atoms. The Kier molecular flexibility index (Phi) is 17.3. The zero-order valence-corrected chi connectivity index (χ0v) is 16.1. The van der Waals surface area contributed by atoms with Crippen molar-refractivity contribution in [3.63, 3.8) is 0 Å². The summed E-state index contributed by atoms with van der Waals surface area (Å²) in [6.07, 6.45) is 25.0. The highest BCUT2D eigenvalue weighted by atomic mass is 16.5. The summed E-state index contributed by atoms with van der Waals surface area (Å²) < 4.78 is 4.57. The van der Waals surface area contributed by atoms with E-state index in [0.29, 0.717) is 12.8 Å². The Morgan fingerprint density at radius 1 is 1.00 bits per heavy atom. The third-order valence-corrected chi connectivity index (χ3v) is 3.29. The number of unbranched alkanes of at least 4 members (excludes halogenated alkanes) is 1. The Hall–Kier alpha value is -2.31. The zero-order chi connectivity index (χ0) is 19.3. The highest BCUT2D eigenvalue weighted by molar-refractivity contribution is 5.69. The lowest BCUT2D eigenvalue weighted by Gasteiger charge is -1.95. The van der Waals surface area contributed by atoms with Crippen molar-refractivity contribution in [3.05, 3.63) is 60.8 Å². The van der Waals surface area contributed by atoms with Crippen LogP contribution < -0.4 is 0 Å². The number of methoxy groups -OCH3 is 1. The number of carbonyl (C=O) groups excluding carboxylic acids is 1. The number of ether oxygens (including phenoxy) is 1. The Morgan fingerprint density at radius 3 is 2.46 bits per heavy atom. The average molecular weight is 357 g/mol. The standard InChI is InChI=1S/C23H32O3/c1-3-4-16-19-22(24)20-17-14-12-10-8-6-5-7-9-11-13-15-18-21-23(25)26-2/h4,7-10,12-16,22,24H,3,5-6,11,18-19,21H2,1-2H3. The first-order chi connectivity index (χ1) is 12.7. The normalized spacial score (nSPS) is 13.2. The van der Waals surface area contributed by atoms with E-state index in [-0.39, 0.29) is 5.97 Å². The first-order valence-electron chi connectivity index (χ1n) is 9.23. The summed E-state index contributed by atoms with van der Waals surface area (Å²) in [7, 11) is 1.41. The van der Waals surface area contributed by atoms with Gasteiger partial charge in [-0.25, -0.2) is 0 Å². The lowest BCUT2D eigenvalue weighted by molar-refractivity contribution is -0.140. The number of hydrogen-bond acceptors (Lipinski definition) is 3. The Labute approximate surface area is 158 Å². The zero-order valence-electron chi connectivity index (χ0n) is 16.1. The Bertz CT molecular complexity index is 554. The molecule has 0 amide bonds. The molecule has 3 nitrogen and oxygen atoms in total. The summed E-state index contributed by atoms with van der Waals surface area (Å²) >= 11 is 0. The number of esters is 1. The summed E-state index contributed by atoms with van der Waals surface area (Å²) in [6, 6.07) is 0. The van der Waals surface area contributed by atoms with E-state index >= 15 is 0 Å². The maximum atomic E-state index is 10.9. The highest BCUT2D eigenvalue weighted by Gasteiger charge is 1.95. The lowest BCUT2D eigenvalue weighted by atomic mass is 10.2. The first kappa shape index (κ1) is 23.7. The van der Waals surface area contributed by atoms with Gasteiger partial charge in [-0.15, -0.1) is 0 Å². The fourth-order valence-electron chi connectivity index (χ4n) is 1.88. The van der Waals surface area contributed by atoms with Crippen molar-refractivity contribution in [3.8, 4) is 11.8 Å². The molecule has 0 saturated heterocycles. The van der Waals surface area contributed by atoms with Gasteiger partial charge in [0.25, 0.3) is 0 Å². The average Bonchev–Trinajstić information content (AvgIpc) is 2.64. The lowest BCUT2D eigenvalue weighted by Crippen LogP contribution is -1.99. The Balaban J connectivity index is 3.70. The molecule has 1 atom stereocenters. The molecule has 0 aromatic carbocycles. The van der Waals surface area contributed by atoms with Gasteiger partial charge in [-0.1, -0.05) is 73.4 Å². The summed E-state index contributed by atoms with van der Waals surface area (Å²) in [5, 5.41) is 9.59. The van der Waals surface area contributed by atoms with E-state index in [2.05, 4.69) is 47.8 Å². The summed E-state index contributed by atoms with van der Waals surface area (Å²) in [5.41, 5.74) is 0. The first-order valence-corrected chi connectivity index (χ1v) is 9.23. The van der Waals surface area contributed by atoms with Crippen LogP contribution in [0.2, 0.25) is 0 Å². The van der Waals surface area contributed by atoms with E-state index in [1.165, 1.54) is 7.11 Å². The topological polar surface area (TPSA) is 46.5 Å². The number of hydrogen-bond donors (Lipinski definition) is 1. The molecule has 3 heteroatoms. The van der Waals surface area contributed by atoms with Crippen molar-refractivity contribution in [2.24, 2.45) is 0 Å². The number of carbonyl (C=O) groups is 1. The van der Waals surface area contributed by atoms with Crippen LogP contribution in [0.4, 0.5) is 0 Å². The molecule has 0 heterocycles. The number of aliphatic hydroxyl groups is 1. The quantitative estimate of drug-likeness (QED) is 0.175. The summed E-state index contributed by atoms with van der Waals surface area (Å²) in [4.78, 5) is 10.9. The second-order valence-electron chi connectivity index (χ2n) is 5.58. The monoisotopic (exact) mass is 356 g/mol. The molecule has 0 rings (SSSR count). The van der Waals surface area contributed by atoms with E-state index in [4.69, 9.17) is 0 Å². The van der Waals surface area contributed by atoms with Gasteiger partial charge in [0.1, 0.15) is 6.10 Å². The van der Waals surface area contributed by atoms with Crippen LogP contribution in [0.3, 0.4) is 0 Å². The van der Waals surface area contributed by atoms with Gasteiger partial charge >= 0.3 is 5.97 Å². The van der Waals surface area contributed by atoms with Gasteiger partial charge < -0.3 is 9.84 Å². The molecule has 142 valence electrons. The van der Waals surface area contributed by atoms with Crippen molar-refractivity contribution < 1.29 is 14.6 Å². The van der Waals surface area contributed by atoms with Crippen LogP contribution in [0.1, 0.15) is 51.9 Å². The molecule has 0 saturated carbocycles. The van der Waals surface area contributed by atoms with Gasteiger partial charge in [0.15, 0.2) is 0 Å². The van der Waals surface area contributed by atoms with Gasteiger partial charge in [-0.3, -0.25) is 4.79 Å². The molecule has 26 heavy (non-hydrogen) atoms. The van der Waals surface area contributed by atoms with Crippen LogP contribution in [0.5, 0.6) is 0 Å². The van der Waals surface area contributed by atoms with E-state index in [1.807, 2.05) is 30.4 Å². The molecule has 1 N–H and O–H groups in total. The van der Waals surface area contributed by atoms with Crippen molar-refractivity contribution in [2.75, 3.05) is 7.11 Å². The molecule has 0 radical (unpaired) electrons. The maximum Gasteiger partial charge on any atom is 0.305 e. The minimum Gasteiger partial charge on any atom is -0.469 e. The van der Waals surface area contributed by atoms with Crippen LogP contribution in [0, 0.1) is 11.8 Å². The van der Waals surface area contributed by atoms with Crippen LogP contribution >= 0.6 is 0 Å². The molecule has 0 aromatic rings. The van der Waals surface area contributed by atoms with E-state index < -0.39 is 6.10 Å². The molecule has 0 spiro atoms. The van der Waals surface area contributed by atoms with Crippen LogP contribution in [-0.4, -0.2) is 24.3 Å². The second kappa shape index (κ2) is 19.0. The minimum atomic E-state index is -0.592. The molecule has 1 unspecified atom stereocenters. The summed E-state index contributed by atoms with van der Waals surface area (Å²) in [5.74, 6) is 5.45. The predicted molar refractivity (Wildman–Crippen MR) is 109 cm³/mol. The third kappa shape index (κ3) is 18.0. The molecule has 0 aliphatic rings. The van der Waals surface area contributed by atoms with Gasteiger partial charge in [-0.2, -0.15) is 0 Å². The SMILES string of the molecule is CCC=CCC(O)C#CC=CC=CCCC=CCC=CCCC(=O)OC. The second-order valence-corrected chi connectivity index (χ2v) is 5.58. The smallest absolute Gasteiger partial charge is 0.305 e. The van der Waals surface area contributed by atoms with Gasteiger partial charge in [0.2, 0.25) is 0 Å². The number of aliphatic hydroxyl groups excluding tert-OH is 1. The minimum absolute atomic E-state index is 0.169. The number of rotatable bonds is 12. The van der Waals surface area contributed by atoms with Gasteiger partial charge in [-0.05, 0) is 38.2 Å². The van der Waals surface area contributed by atoms with Crippen molar-refractivity contribution >= 4 is 5.97 Å². The molecule has 0 aliphatic carbocycles. The fourth-order valence-corrected chi connectivity index (χ4v) is 1.88. The van der Waals surface area contributed by atoms with Crippen molar-refractivity contribution in [2.45, 2.75) is 58.0 Å². The van der Waals surface area contributed by atoms with E-state index in [9.17, 15) is 9.90 Å². The highest BCUT2D eigenvalue weighted by Crippen LogP contribution is 1.98. The molecule has 0 aromatic heterocycles. The fraction of sp³-hybridized carbons (Fsp3) is 0.435. The van der Waals surface area contributed by atoms with Crippen LogP contribution in [0.15, 0.2) is 60.8 Å². The molecular weight excluding hydrogens is 324 g/mol. The predicted octanol–water partition coefficient (Wildman–Crippen LogP) is 5.06. The molecule has 0 aliphatic heterocycles. The largest absolute Gasteiger partial charge is 0.469 e. The van der Waals surface area contributed by atoms with Crippen LogP contribution in [-0.2, 0) is 9.53 Å². The third-order valence-electron chi connectivity index (χ3n) is 3.29.